The number of thiophene rings is 1. The van der Waals surface area contributed by atoms with Crippen LogP contribution in [0.3, 0.4) is 0 Å². The van der Waals surface area contributed by atoms with Crippen LogP contribution in [0, 0.1) is 0 Å². The lowest BCUT2D eigenvalue weighted by Crippen LogP contribution is -2.33. The summed E-state index contributed by atoms with van der Waals surface area (Å²) in [5, 5.41) is 6.46. The third-order valence-electron chi connectivity index (χ3n) is 2.54. The zero-order chi connectivity index (χ0) is 15.2. The Balaban J connectivity index is 1.93. The second-order valence-corrected chi connectivity index (χ2v) is 4.90. The second-order valence-electron chi connectivity index (χ2n) is 3.95. The number of rotatable bonds is 3. The van der Waals surface area contributed by atoms with Gasteiger partial charge >= 0.3 is 12.0 Å². The maximum Gasteiger partial charge on any atom is 0.337 e. The van der Waals surface area contributed by atoms with E-state index in [-0.39, 0.29) is 0 Å². The molecule has 0 aliphatic rings. The number of benzene rings is 1. The number of nitrogens with one attached hydrogen (secondary N) is 2. The van der Waals surface area contributed by atoms with Crippen molar-refractivity contribution >= 4 is 34.9 Å². The van der Waals surface area contributed by atoms with E-state index in [2.05, 4.69) is 15.4 Å². The summed E-state index contributed by atoms with van der Waals surface area (Å²) < 4.78 is 4.57. The molecule has 21 heavy (non-hydrogen) atoms. The summed E-state index contributed by atoms with van der Waals surface area (Å²) in [5.41, 5.74) is 0.831. The number of amides is 3. The van der Waals surface area contributed by atoms with E-state index in [0.29, 0.717) is 16.1 Å². The number of urea groups is 1. The molecular weight excluding hydrogens is 292 g/mol. The predicted molar refractivity (Wildman–Crippen MR) is 78.6 cm³/mol. The van der Waals surface area contributed by atoms with Crippen molar-refractivity contribution in [3.63, 3.8) is 0 Å². The van der Waals surface area contributed by atoms with Gasteiger partial charge in [0.1, 0.15) is 0 Å². The predicted octanol–water partition coefficient (Wildman–Crippen LogP) is 2.50. The molecule has 2 aromatic rings. The Labute approximate surface area is 124 Å². The Morgan fingerprint density at radius 3 is 2.38 bits per heavy atom. The molecule has 0 saturated carbocycles. The summed E-state index contributed by atoms with van der Waals surface area (Å²) in [5.74, 6) is -0.924. The standard InChI is InChI=1S/C14H12N2O4S/c1-20-13(18)9-4-6-10(7-5-9)15-14(19)16-12(17)11-3-2-8-21-11/h2-8H,1H3,(H2,15,16,17,19). The van der Waals surface area contributed by atoms with Gasteiger partial charge in [0.25, 0.3) is 5.91 Å². The van der Waals surface area contributed by atoms with Crippen LogP contribution in [0.5, 0.6) is 0 Å². The molecule has 0 bridgehead atoms. The first kappa shape index (κ1) is 14.7. The molecule has 108 valence electrons. The van der Waals surface area contributed by atoms with Crippen LogP contribution in [0.4, 0.5) is 10.5 Å². The Hall–Kier alpha value is -2.67. The van der Waals surface area contributed by atoms with Gasteiger partial charge in [0.05, 0.1) is 17.6 Å². The fourth-order valence-corrected chi connectivity index (χ4v) is 2.16. The topological polar surface area (TPSA) is 84.5 Å². The summed E-state index contributed by atoms with van der Waals surface area (Å²) in [6.45, 7) is 0. The zero-order valence-corrected chi connectivity index (χ0v) is 11.9. The van der Waals surface area contributed by atoms with Crippen molar-refractivity contribution < 1.29 is 19.1 Å². The van der Waals surface area contributed by atoms with Crippen LogP contribution in [0.15, 0.2) is 41.8 Å². The van der Waals surface area contributed by atoms with Gasteiger partial charge in [-0.25, -0.2) is 9.59 Å². The van der Waals surface area contributed by atoms with Gasteiger partial charge in [0, 0.05) is 5.69 Å². The van der Waals surface area contributed by atoms with Crippen molar-refractivity contribution in [1.29, 1.82) is 0 Å². The van der Waals surface area contributed by atoms with Gasteiger partial charge in [0.2, 0.25) is 0 Å². The largest absolute Gasteiger partial charge is 0.465 e. The molecule has 0 aliphatic carbocycles. The first-order chi connectivity index (χ1) is 10.1. The van der Waals surface area contributed by atoms with Gasteiger partial charge in [-0.05, 0) is 35.7 Å². The molecule has 3 amide bonds. The SMILES string of the molecule is COC(=O)c1ccc(NC(=O)NC(=O)c2cccs2)cc1. The molecule has 0 unspecified atom stereocenters. The summed E-state index contributed by atoms with van der Waals surface area (Å²) in [6, 6.07) is 8.83. The first-order valence-electron chi connectivity index (χ1n) is 5.94. The van der Waals surface area contributed by atoms with Gasteiger partial charge in [-0.2, -0.15) is 0 Å². The molecule has 2 N–H and O–H groups in total. The summed E-state index contributed by atoms with van der Waals surface area (Å²) >= 11 is 1.24. The second kappa shape index (κ2) is 6.67. The van der Waals surface area contributed by atoms with Crippen LogP contribution in [0.25, 0.3) is 0 Å². The number of methoxy groups -OCH3 is 1. The third-order valence-corrected chi connectivity index (χ3v) is 3.40. The lowest BCUT2D eigenvalue weighted by molar-refractivity contribution is 0.0600. The normalized spacial score (nSPS) is 9.76. The van der Waals surface area contributed by atoms with Crippen molar-refractivity contribution in [1.82, 2.24) is 5.32 Å². The smallest absolute Gasteiger partial charge is 0.337 e. The number of ether oxygens (including phenoxy) is 1. The number of hydrogen-bond acceptors (Lipinski definition) is 5. The molecule has 0 atom stereocenters. The van der Waals surface area contributed by atoms with Gasteiger partial charge in [-0.1, -0.05) is 6.07 Å². The molecule has 1 aromatic carbocycles. The maximum absolute atomic E-state index is 11.7. The van der Waals surface area contributed by atoms with E-state index in [4.69, 9.17) is 0 Å². The van der Waals surface area contributed by atoms with Crippen molar-refractivity contribution in [3.05, 3.63) is 52.2 Å². The molecule has 7 heteroatoms. The van der Waals surface area contributed by atoms with E-state index >= 15 is 0 Å². The van der Waals surface area contributed by atoms with Crippen LogP contribution in [0.2, 0.25) is 0 Å². The molecular formula is C14H12N2O4S. The van der Waals surface area contributed by atoms with Crippen LogP contribution >= 0.6 is 11.3 Å². The molecule has 0 spiro atoms. The lowest BCUT2D eigenvalue weighted by Gasteiger charge is -2.06. The number of anilines is 1. The quantitative estimate of drug-likeness (QED) is 0.853. The van der Waals surface area contributed by atoms with Crippen LogP contribution in [0.1, 0.15) is 20.0 Å². The molecule has 1 heterocycles. The molecule has 0 fully saturated rings. The Morgan fingerprint density at radius 1 is 1.10 bits per heavy atom. The molecule has 2 rings (SSSR count). The first-order valence-corrected chi connectivity index (χ1v) is 6.82. The minimum Gasteiger partial charge on any atom is -0.465 e. The Kier molecular flexibility index (Phi) is 4.68. The van der Waals surface area contributed by atoms with E-state index < -0.39 is 17.9 Å². The van der Waals surface area contributed by atoms with E-state index in [9.17, 15) is 14.4 Å². The molecule has 0 aliphatic heterocycles. The van der Waals surface area contributed by atoms with Crippen LogP contribution < -0.4 is 10.6 Å². The molecule has 0 radical (unpaired) electrons. The number of esters is 1. The zero-order valence-electron chi connectivity index (χ0n) is 11.1. The number of carbonyl (C=O) groups excluding carboxylic acids is 3. The van der Waals surface area contributed by atoms with E-state index in [1.807, 2.05) is 0 Å². The van der Waals surface area contributed by atoms with Gasteiger partial charge in [-0.3, -0.25) is 10.1 Å². The van der Waals surface area contributed by atoms with Gasteiger partial charge in [0.15, 0.2) is 0 Å². The number of carbonyl (C=O) groups is 3. The third kappa shape index (κ3) is 3.90. The van der Waals surface area contributed by atoms with Crippen molar-refractivity contribution in [2.75, 3.05) is 12.4 Å². The van der Waals surface area contributed by atoms with Crippen LogP contribution in [-0.4, -0.2) is 25.0 Å². The van der Waals surface area contributed by atoms with Crippen LogP contribution in [-0.2, 0) is 4.74 Å². The lowest BCUT2D eigenvalue weighted by atomic mass is 10.2. The highest BCUT2D eigenvalue weighted by atomic mass is 32.1. The Bertz CT molecular complexity index is 650. The van der Waals surface area contributed by atoms with E-state index in [0.717, 1.165) is 0 Å². The average Bonchev–Trinajstić information content (AvgIpc) is 3.01. The average molecular weight is 304 g/mol. The highest BCUT2D eigenvalue weighted by Crippen LogP contribution is 2.11. The highest BCUT2D eigenvalue weighted by Gasteiger charge is 2.11. The number of imide groups is 1. The Morgan fingerprint density at radius 2 is 1.81 bits per heavy atom. The number of hydrogen-bond donors (Lipinski definition) is 2. The summed E-state index contributed by atoms with van der Waals surface area (Å²) in [6.07, 6.45) is 0. The van der Waals surface area contributed by atoms with E-state index in [1.54, 1.807) is 29.6 Å². The fourth-order valence-electron chi connectivity index (χ4n) is 1.54. The fraction of sp³-hybridized carbons (Fsp3) is 0.0714. The van der Waals surface area contributed by atoms with Gasteiger partial charge < -0.3 is 10.1 Å². The van der Waals surface area contributed by atoms with Crippen molar-refractivity contribution in [2.45, 2.75) is 0 Å². The molecule has 6 nitrogen and oxygen atoms in total. The molecule has 1 aromatic heterocycles. The monoisotopic (exact) mass is 304 g/mol. The van der Waals surface area contributed by atoms with Crippen molar-refractivity contribution in [3.8, 4) is 0 Å². The van der Waals surface area contributed by atoms with Crippen molar-refractivity contribution in [2.24, 2.45) is 0 Å². The minimum absolute atomic E-state index is 0.373. The summed E-state index contributed by atoms with van der Waals surface area (Å²) in [4.78, 5) is 35.0. The molecule has 0 saturated heterocycles. The maximum atomic E-state index is 11.7. The minimum atomic E-state index is -0.640. The van der Waals surface area contributed by atoms with E-state index in [1.165, 1.54) is 30.6 Å². The summed E-state index contributed by atoms with van der Waals surface area (Å²) in [7, 11) is 1.29. The van der Waals surface area contributed by atoms with Gasteiger partial charge in [-0.15, -0.1) is 11.3 Å². The highest BCUT2D eigenvalue weighted by molar-refractivity contribution is 7.12.